The molecule has 0 atom stereocenters. The van der Waals surface area contributed by atoms with E-state index in [4.69, 9.17) is 31.7 Å². The Labute approximate surface area is 148 Å². The molecule has 0 radical (unpaired) electrons. The number of methoxy groups -OCH3 is 3. The van der Waals surface area contributed by atoms with Gasteiger partial charge >= 0.3 is 0 Å². The van der Waals surface area contributed by atoms with Crippen LogP contribution in [0.25, 0.3) is 22.3 Å². The van der Waals surface area contributed by atoms with Crippen LogP contribution in [0.3, 0.4) is 0 Å². The van der Waals surface area contributed by atoms with Crippen LogP contribution in [-0.4, -0.2) is 31.0 Å². The van der Waals surface area contributed by atoms with Crippen LogP contribution >= 0.6 is 11.6 Å². The zero-order chi connectivity index (χ0) is 18.1. The summed E-state index contributed by atoms with van der Waals surface area (Å²) < 4.78 is 17.0. The standard InChI is InChI=1S/C17H16ClN3O4/c1-23-12-8-11-13(15(25-3)14(12)24-2)20-16(21(19)17(11)22)9-4-6-10(18)7-5-9/h4-8H,19H2,1-3H3. The molecule has 0 saturated carbocycles. The van der Waals surface area contributed by atoms with Gasteiger partial charge in [0.25, 0.3) is 5.56 Å². The molecule has 0 amide bonds. The lowest BCUT2D eigenvalue weighted by atomic mass is 10.1. The van der Waals surface area contributed by atoms with Crippen molar-refractivity contribution in [1.29, 1.82) is 0 Å². The molecular weight excluding hydrogens is 346 g/mol. The largest absolute Gasteiger partial charge is 0.493 e. The summed E-state index contributed by atoms with van der Waals surface area (Å²) in [4.78, 5) is 17.3. The molecule has 2 aromatic carbocycles. The van der Waals surface area contributed by atoms with Crippen molar-refractivity contribution in [3.63, 3.8) is 0 Å². The van der Waals surface area contributed by atoms with E-state index in [-0.39, 0.29) is 11.2 Å². The fourth-order valence-corrected chi connectivity index (χ4v) is 2.73. The molecule has 8 heteroatoms. The molecule has 0 aliphatic rings. The van der Waals surface area contributed by atoms with Crippen molar-refractivity contribution in [2.24, 2.45) is 0 Å². The highest BCUT2D eigenvalue weighted by Crippen LogP contribution is 2.42. The summed E-state index contributed by atoms with van der Waals surface area (Å²) in [5, 5.41) is 0.828. The van der Waals surface area contributed by atoms with E-state index in [1.807, 2.05) is 0 Å². The van der Waals surface area contributed by atoms with Gasteiger partial charge in [0.15, 0.2) is 17.3 Å². The number of nitrogens with zero attached hydrogens (tertiary/aromatic N) is 2. The van der Waals surface area contributed by atoms with E-state index >= 15 is 0 Å². The molecule has 0 aliphatic heterocycles. The third-order valence-electron chi connectivity index (χ3n) is 3.80. The molecule has 3 aromatic rings. The summed E-state index contributed by atoms with van der Waals surface area (Å²) in [6.07, 6.45) is 0. The molecule has 25 heavy (non-hydrogen) atoms. The Balaban J connectivity index is 2.41. The van der Waals surface area contributed by atoms with E-state index in [0.29, 0.717) is 33.4 Å². The molecule has 130 valence electrons. The molecule has 1 aromatic heterocycles. The van der Waals surface area contributed by atoms with E-state index in [9.17, 15) is 4.79 Å². The third-order valence-corrected chi connectivity index (χ3v) is 4.05. The molecule has 7 nitrogen and oxygen atoms in total. The lowest BCUT2D eigenvalue weighted by Crippen LogP contribution is -2.30. The number of hydrogen-bond donors (Lipinski definition) is 1. The Bertz CT molecular complexity index is 1000. The minimum atomic E-state index is -0.436. The van der Waals surface area contributed by atoms with Crippen molar-refractivity contribution < 1.29 is 14.2 Å². The number of hydrogen-bond acceptors (Lipinski definition) is 6. The molecule has 0 saturated heterocycles. The summed E-state index contributed by atoms with van der Waals surface area (Å²) >= 11 is 5.92. The summed E-state index contributed by atoms with van der Waals surface area (Å²) in [6.45, 7) is 0. The Morgan fingerprint density at radius 1 is 1.04 bits per heavy atom. The normalized spacial score (nSPS) is 10.7. The van der Waals surface area contributed by atoms with Crippen LogP contribution in [0.2, 0.25) is 5.02 Å². The Morgan fingerprint density at radius 3 is 2.24 bits per heavy atom. The van der Waals surface area contributed by atoms with Gasteiger partial charge in [-0.05, 0) is 30.3 Å². The maximum atomic E-state index is 12.7. The highest BCUT2D eigenvalue weighted by Gasteiger charge is 2.21. The van der Waals surface area contributed by atoms with Crippen molar-refractivity contribution in [2.75, 3.05) is 27.2 Å². The number of rotatable bonds is 4. The van der Waals surface area contributed by atoms with Crippen LogP contribution in [0.5, 0.6) is 17.2 Å². The first-order valence-electron chi connectivity index (χ1n) is 7.28. The molecule has 3 rings (SSSR count). The fourth-order valence-electron chi connectivity index (χ4n) is 2.60. The molecule has 0 spiro atoms. The maximum absolute atomic E-state index is 12.7. The number of benzene rings is 2. The van der Waals surface area contributed by atoms with E-state index in [1.54, 1.807) is 24.3 Å². The minimum absolute atomic E-state index is 0.259. The molecular formula is C17H16ClN3O4. The number of aromatic nitrogens is 2. The first-order chi connectivity index (χ1) is 12.0. The van der Waals surface area contributed by atoms with Gasteiger partial charge in [0.05, 0.1) is 26.7 Å². The van der Waals surface area contributed by atoms with Crippen LogP contribution in [0.4, 0.5) is 0 Å². The van der Waals surface area contributed by atoms with Crippen LogP contribution in [0.15, 0.2) is 35.1 Å². The quantitative estimate of drug-likeness (QED) is 0.718. The minimum Gasteiger partial charge on any atom is -0.493 e. The highest BCUT2D eigenvalue weighted by molar-refractivity contribution is 6.30. The number of halogens is 1. The van der Waals surface area contributed by atoms with Crippen molar-refractivity contribution in [3.05, 3.63) is 45.7 Å². The van der Waals surface area contributed by atoms with Gasteiger partial charge in [-0.2, -0.15) is 0 Å². The van der Waals surface area contributed by atoms with Gasteiger partial charge in [-0.3, -0.25) is 4.79 Å². The monoisotopic (exact) mass is 361 g/mol. The number of nitrogen functional groups attached to an aromatic ring is 1. The average molecular weight is 362 g/mol. The van der Waals surface area contributed by atoms with E-state index in [2.05, 4.69) is 4.98 Å². The fraction of sp³-hybridized carbons (Fsp3) is 0.176. The van der Waals surface area contributed by atoms with Crippen LogP contribution in [0, 0.1) is 0 Å². The van der Waals surface area contributed by atoms with Crippen molar-refractivity contribution in [1.82, 2.24) is 9.66 Å². The molecule has 0 bridgehead atoms. The molecule has 2 N–H and O–H groups in total. The zero-order valence-corrected chi connectivity index (χ0v) is 14.6. The number of fused-ring (bicyclic) bond motifs is 1. The van der Waals surface area contributed by atoms with Gasteiger partial charge in [0.2, 0.25) is 5.75 Å². The predicted octanol–water partition coefficient (Wildman–Crippen LogP) is 2.46. The Hall–Kier alpha value is -2.93. The van der Waals surface area contributed by atoms with Crippen LogP contribution < -0.4 is 25.6 Å². The van der Waals surface area contributed by atoms with Crippen LogP contribution in [-0.2, 0) is 0 Å². The highest BCUT2D eigenvalue weighted by atomic mass is 35.5. The van der Waals surface area contributed by atoms with E-state index in [0.717, 1.165) is 4.68 Å². The zero-order valence-electron chi connectivity index (χ0n) is 13.9. The first kappa shape index (κ1) is 16.9. The second kappa shape index (κ2) is 6.52. The number of ether oxygens (including phenoxy) is 3. The molecule has 1 heterocycles. The SMILES string of the molecule is COc1cc2c(=O)n(N)c(-c3ccc(Cl)cc3)nc2c(OC)c1OC. The topological polar surface area (TPSA) is 88.6 Å². The van der Waals surface area contributed by atoms with Gasteiger partial charge < -0.3 is 20.1 Å². The first-order valence-corrected chi connectivity index (χ1v) is 7.66. The smallest absolute Gasteiger partial charge is 0.280 e. The lowest BCUT2D eigenvalue weighted by molar-refractivity contribution is 0.327. The maximum Gasteiger partial charge on any atom is 0.280 e. The molecule has 0 aliphatic carbocycles. The Kier molecular flexibility index (Phi) is 4.41. The third kappa shape index (κ3) is 2.72. The van der Waals surface area contributed by atoms with Crippen molar-refractivity contribution >= 4 is 22.5 Å². The number of nitrogens with two attached hydrogens (primary N) is 1. The van der Waals surface area contributed by atoms with Crippen LogP contribution in [0.1, 0.15) is 0 Å². The average Bonchev–Trinajstić information content (AvgIpc) is 2.63. The molecule has 0 unspecified atom stereocenters. The van der Waals surface area contributed by atoms with Crippen molar-refractivity contribution in [2.45, 2.75) is 0 Å². The summed E-state index contributed by atoms with van der Waals surface area (Å²) in [5.41, 5.74) is 0.536. The van der Waals surface area contributed by atoms with Gasteiger partial charge in [-0.25, -0.2) is 9.66 Å². The van der Waals surface area contributed by atoms with Gasteiger partial charge in [-0.1, -0.05) is 11.6 Å². The second-order valence-electron chi connectivity index (χ2n) is 5.16. The van der Waals surface area contributed by atoms with Gasteiger partial charge in [-0.15, -0.1) is 0 Å². The summed E-state index contributed by atoms with van der Waals surface area (Å²) in [6, 6.07) is 8.37. The summed E-state index contributed by atoms with van der Waals surface area (Å²) in [5.74, 6) is 7.24. The summed E-state index contributed by atoms with van der Waals surface area (Å²) in [7, 11) is 4.42. The van der Waals surface area contributed by atoms with E-state index < -0.39 is 5.56 Å². The van der Waals surface area contributed by atoms with Gasteiger partial charge in [0, 0.05) is 10.6 Å². The lowest BCUT2D eigenvalue weighted by Gasteiger charge is -2.16. The predicted molar refractivity (Wildman–Crippen MR) is 96.3 cm³/mol. The van der Waals surface area contributed by atoms with E-state index in [1.165, 1.54) is 27.4 Å². The van der Waals surface area contributed by atoms with Crippen molar-refractivity contribution in [3.8, 4) is 28.6 Å². The van der Waals surface area contributed by atoms with Gasteiger partial charge in [0.1, 0.15) is 5.52 Å². The molecule has 0 fully saturated rings. The Morgan fingerprint density at radius 2 is 1.68 bits per heavy atom. The second-order valence-corrected chi connectivity index (χ2v) is 5.60.